The SMILES string of the molecule is O=C(NCC1CCCC1)c1cc(S(=O)(=O)Cl)c(Br)o1. The quantitative estimate of drug-likeness (QED) is 0.827. The van der Waals surface area contributed by atoms with Crippen LogP contribution in [0.1, 0.15) is 36.2 Å². The molecule has 1 aromatic rings. The predicted octanol–water partition coefficient (Wildman–Crippen LogP) is 2.89. The summed E-state index contributed by atoms with van der Waals surface area (Å²) in [5.41, 5.74) is 0. The van der Waals surface area contributed by atoms with Gasteiger partial charge in [0.05, 0.1) is 0 Å². The van der Waals surface area contributed by atoms with Gasteiger partial charge < -0.3 is 9.73 Å². The topological polar surface area (TPSA) is 76.4 Å². The average molecular weight is 371 g/mol. The first-order chi connectivity index (χ1) is 8.88. The second-order valence-corrected chi connectivity index (χ2v) is 7.80. The van der Waals surface area contributed by atoms with E-state index in [-0.39, 0.29) is 15.3 Å². The van der Waals surface area contributed by atoms with Gasteiger partial charge in [-0.3, -0.25) is 4.79 Å². The van der Waals surface area contributed by atoms with Crippen LogP contribution in [0.3, 0.4) is 0 Å². The highest BCUT2D eigenvalue weighted by Gasteiger charge is 2.24. The summed E-state index contributed by atoms with van der Waals surface area (Å²) < 4.78 is 27.4. The Morgan fingerprint density at radius 1 is 1.47 bits per heavy atom. The lowest BCUT2D eigenvalue weighted by molar-refractivity contribution is 0.0918. The molecular weight excluding hydrogens is 358 g/mol. The molecule has 0 unspecified atom stereocenters. The molecule has 1 amide bonds. The van der Waals surface area contributed by atoms with Gasteiger partial charge in [0.25, 0.3) is 15.0 Å². The summed E-state index contributed by atoms with van der Waals surface area (Å²) in [6, 6.07) is 1.12. The van der Waals surface area contributed by atoms with Gasteiger partial charge in [-0.25, -0.2) is 8.42 Å². The van der Waals surface area contributed by atoms with Crippen molar-refractivity contribution in [3.05, 3.63) is 16.5 Å². The molecule has 19 heavy (non-hydrogen) atoms. The molecule has 106 valence electrons. The first-order valence-corrected chi connectivity index (χ1v) is 9.00. The highest BCUT2D eigenvalue weighted by atomic mass is 79.9. The molecule has 0 atom stereocenters. The fourth-order valence-corrected chi connectivity index (χ4v) is 4.20. The lowest BCUT2D eigenvalue weighted by Gasteiger charge is -2.08. The molecule has 0 radical (unpaired) electrons. The van der Waals surface area contributed by atoms with Crippen LogP contribution in [0.4, 0.5) is 0 Å². The van der Waals surface area contributed by atoms with E-state index in [1.165, 1.54) is 12.8 Å². The van der Waals surface area contributed by atoms with E-state index < -0.39 is 15.0 Å². The van der Waals surface area contributed by atoms with Crippen LogP contribution < -0.4 is 5.32 Å². The zero-order chi connectivity index (χ0) is 14.0. The van der Waals surface area contributed by atoms with Gasteiger partial charge in [-0.1, -0.05) is 12.8 Å². The lowest BCUT2D eigenvalue weighted by Crippen LogP contribution is -2.27. The van der Waals surface area contributed by atoms with E-state index >= 15 is 0 Å². The Balaban J connectivity index is 2.03. The van der Waals surface area contributed by atoms with Crippen LogP contribution in [-0.2, 0) is 9.05 Å². The Morgan fingerprint density at radius 3 is 2.63 bits per heavy atom. The molecule has 1 aliphatic rings. The smallest absolute Gasteiger partial charge is 0.287 e. The number of rotatable bonds is 4. The van der Waals surface area contributed by atoms with Crippen molar-refractivity contribution in [1.82, 2.24) is 5.32 Å². The molecule has 0 aromatic carbocycles. The van der Waals surface area contributed by atoms with Crippen LogP contribution in [0, 0.1) is 5.92 Å². The Kier molecular flexibility index (Phi) is 4.58. The Labute approximate surface area is 124 Å². The van der Waals surface area contributed by atoms with E-state index in [0.29, 0.717) is 12.5 Å². The van der Waals surface area contributed by atoms with E-state index in [4.69, 9.17) is 15.1 Å². The summed E-state index contributed by atoms with van der Waals surface area (Å²) in [6.07, 6.45) is 4.62. The number of hydrogen-bond acceptors (Lipinski definition) is 4. The normalized spacial score (nSPS) is 16.7. The maximum Gasteiger partial charge on any atom is 0.287 e. The molecule has 5 nitrogen and oxygen atoms in total. The van der Waals surface area contributed by atoms with Gasteiger partial charge in [-0.2, -0.15) is 0 Å². The summed E-state index contributed by atoms with van der Waals surface area (Å²) in [5.74, 6) is 0.00171. The van der Waals surface area contributed by atoms with Crippen LogP contribution in [-0.4, -0.2) is 20.9 Å². The van der Waals surface area contributed by atoms with Gasteiger partial charge in [-0.05, 0) is 34.7 Å². The Hall–Kier alpha value is -0.530. The van der Waals surface area contributed by atoms with Gasteiger partial charge in [0.15, 0.2) is 10.4 Å². The number of carbonyl (C=O) groups excluding carboxylic acids is 1. The molecule has 1 saturated carbocycles. The third kappa shape index (κ3) is 3.73. The number of hydrogen-bond donors (Lipinski definition) is 1. The minimum absolute atomic E-state index is 0.0616. The van der Waals surface area contributed by atoms with Crippen LogP contribution in [0.5, 0.6) is 0 Å². The van der Waals surface area contributed by atoms with Gasteiger partial charge in [0.2, 0.25) is 0 Å². The molecule has 1 N–H and O–H groups in total. The Bertz CT molecular complexity index is 578. The molecular formula is C11H13BrClNO4S. The van der Waals surface area contributed by atoms with Gasteiger partial charge in [0, 0.05) is 23.3 Å². The lowest BCUT2D eigenvalue weighted by atomic mass is 10.1. The van der Waals surface area contributed by atoms with Gasteiger partial charge in [0.1, 0.15) is 4.90 Å². The number of halogens is 2. The number of amides is 1. The monoisotopic (exact) mass is 369 g/mol. The third-order valence-corrected chi connectivity index (χ3v) is 5.35. The van der Waals surface area contributed by atoms with Crippen LogP contribution in [0.2, 0.25) is 0 Å². The van der Waals surface area contributed by atoms with E-state index in [2.05, 4.69) is 21.2 Å². The molecule has 1 fully saturated rings. The van der Waals surface area contributed by atoms with Crippen molar-refractivity contribution in [2.24, 2.45) is 5.92 Å². The molecule has 1 aliphatic carbocycles. The molecule has 0 saturated heterocycles. The highest BCUT2D eigenvalue weighted by molar-refractivity contribution is 9.10. The third-order valence-electron chi connectivity index (χ3n) is 3.17. The van der Waals surface area contributed by atoms with Crippen molar-refractivity contribution >= 4 is 41.6 Å². The summed E-state index contributed by atoms with van der Waals surface area (Å²) in [5, 5.41) is 2.74. The summed E-state index contributed by atoms with van der Waals surface area (Å²) in [7, 11) is 1.29. The molecule has 1 aromatic heterocycles. The van der Waals surface area contributed by atoms with Crippen LogP contribution >= 0.6 is 26.6 Å². The number of nitrogens with one attached hydrogen (secondary N) is 1. The largest absolute Gasteiger partial charge is 0.443 e. The zero-order valence-corrected chi connectivity index (χ0v) is 13.1. The predicted molar refractivity (Wildman–Crippen MR) is 73.7 cm³/mol. The average Bonchev–Trinajstić information content (AvgIpc) is 2.93. The fourth-order valence-electron chi connectivity index (χ4n) is 2.17. The molecule has 8 heteroatoms. The molecule has 0 bridgehead atoms. The van der Waals surface area contributed by atoms with Gasteiger partial charge >= 0.3 is 0 Å². The van der Waals surface area contributed by atoms with Gasteiger partial charge in [-0.15, -0.1) is 0 Å². The van der Waals surface area contributed by atoms with E-state index in [1.54, 1.807) is 0 Å². The standard InChI is InChI=1S/C11H13BrClNO4S/c12-10-9(19(13,16)17)5-8(18-10)11(15)14-6-7-3-1-2-4-7/h5,7H,1-4,6H2,(H,14,15). The zero-order valence-electron chi connectivity index (χ0n) is 9.99. The van der Waals surface area contributed by atoms with Crippen molar-refractivity contribution in [3.63, 3.8) is 0 Å². The van der Waals surface area contributed by atoms with Crippen LogP contribution in [0.25, 0.3) is 0 Å². The summed E-state index contributed by atoms with van der Waals surface area (Å²) in [6.45, 7) is 0.583. The van der Waals surface area contributed by atoms with E-state index in [0.717, 1.165) is 18.9 Å². The first kappa shape index (κ1) is 14.9. The molecule has 0 spiro atoms. The minimum atomic E-state index is -3.93. The van der Waals surface area contributed by atoms with E-state index in [9.17, 15) is 13.2 Å². The van der Waals surface area contributed by atoms with Crippen molar-refractivity contribution in [1.29, 1.82) is 0 Å². The van der Waals surface area contributed by atoms with Crippen molar-refractivity contribution in [2.75, 3.05) is 6.54 Å². The second-order valence-electron chi connectivity index (χ2n) is 4.55. The fraction of sp³-hybridized carbons (Fsp3) is 0.545. The minimum Gasteiger partial charge on any atom is -0.443 e. The summed E-state index contributed by atoms with van der Waals surface area (Å²) >= 11 is 2.93. The summed E-state index contributed by atoms with van der Waals surface area (Å²) in [4.78, 5) is 11.6. The maximum atomic E-state index is 11.8. The van der Waals surface area contributed by atoms with Crippen molar-refractivity contribution in [3.8, 4) is 0 Å². The highest BCUT2D eigenvalue weighted by Crippen LogP contribution is 2.29. The Morgan fingerprint density at radius 2 is 2.11 bits per heavy atom. The number of furan rings is 1. The first-order valence-electron chi connectivity index (χ1n) is 5.90. The molecule has 1 heterocycles. The maximum absolute atomic E-state index is 11.8. The van der Waals surface area contributed by atoms with Crippen LogP contribution in [0.15, 0.2) is 20.0 Å². The number of carbonyl (C=O) groups is 1. The van der Waals surface area contributed by atoms with E-state index in [1.807, 2.05) is 0 Å². The second kappa shape index (κ2) is 5.85. The van der Waals surface area contributed by atoms with Crippen molar-refractivity contribution in [2.45, 2.75) is 30.6 Å². The van der Waals surface area contributed by atoms with Crippen molar-refractivity contribution < 1.29 is 17.6 Å². The molecule has 2 rings (SSSR count). The molecule has 0 aliphatic heterocycles.